The van der Waals surface area contributed by atoms with E-state index in [2.05, 4.69) is 26.8 Å². The van der Waals surface area contributed by atoms with E-state index in [1.54, 1.807) is 0 Å². The Morgan fingerprint density at radius 2 is 2.00 bits per heavy atom. The maximum Gasteiger partial charge on any atom is 0.0302 e. The Balaban J connectivity index is 2.62. The Morgan fingerprint density at radius 3 is 2.42 bits per heavy atom. The minimum Gasteiger partial charge on any atom is -0.324 e. The normalized spacial score (nSPS) is 21.8. The van der Waals surface area contributed by atoms with Crippen molar-refractivity contribution in [3.63, 3.8) is 0 Å². The van der Waals surface area contributed by atoms with E-state index in [0.717, 1.165) is 0 Å². The summed E-state index contributed by atoms with van der Waals surface area (Å²) in [5.74, 6) is 0. The van der Waals surface area contributed by atoms with Crippen LogP contribution in [0.5, 0.6) is 0 Å². The molecule has 0 bridgehead atoms. The average Bonchev–Trinajstić information content (AvgIpc) is 2.03. The molecule has 0 fully saturated rings. The molecule has 1 heteroatoms. The summed E-state index contributed by atoms with van der Waals surface area (Å²) >= 11 is 0. The molecule has 0 amide bonds. The van der Waals surface area contributed by atoms with Crippen LogP contribution in [0, 0.1) is 5.41 Å². The first-order chi connectivity index (χ1) is 5.52. The summed E-state index contributed by atoms with van der Waals surface area (Å²) in [5, 5.41) is 0. The van der Waals surface area contributed by atoms with Crippen LogP contribution in [0.3, 0.4) is 0 Å². The smallest absolute Gasteiger partial charge is 0.0302 e. The zero-order chi connectivity index (χ0) is 9.19. The molecule has 0 aliphatic heterocycles. The van der Waals surface area contributed by atoms with E-state index >= 15 is 0 Å². The van der Waals surface area contributed by atoms with Crippen molar-refractivity contribution in [1.82, 2.24) is 0 Å². The van der Waals surface area contributed by atoms with Gasteiger partial charge in [0, 0.05) is 6.04 Å². The number of hydrogen-bond acceptors (Lipinski definition) is 1. The highest BCUT2D eigenvalue weighted by Gasteiger charge is 2.24. The Morgan fingerprint density at radius 1 is 1.33 bits per heavy atom. The Kier molecular flexibility index (Phi) is 2.94. The first-order valence-corrected chi connectivity index (χ1v) is 4.96. The summed E-state index contributed by atoms with van der Waals surface area (Å²) in [6.07, 6.45) is 7.48. The van der Waals surface area contributed by atoms with Crippen LogP contribution < -0.4 is 5.73 Å². The number of rotatable bonds is 1. The third-order valence-corrected chi connectivity index (χ3v) is 2.66. The fraction of sp³-hybridized carbons (Fsp3) is 0.818. The molecule has 1 aliphatic carbocycles. The lowest BCUT2D eigenvalue weighted by Crippen LogP contribution is -2.37. The highest BCUT2D eigenvalue weighted by atomic mass is 14.7. The topological polar surface area (TPSA) is 26.0 Å². The second-order valence-electron chi connectivity index (χ2n) is 4.87. The molecule has 70 valence electrons. The van der Waals surface area contributed by atoms with E-state index in [4.69, 9.17) is 5.73 Å². The summed E-state index contributed by atoms with van der Waals surface area (Å²) in [6, 6.07) is 0.262. The van der Waals surface area contributed by atoms with Crippen molar-refractivity contribution in [1.29, 1.82) is 0 Å². The quantitative estimate of drug-likeness (QED) is 0.597. The third-order valence-electron chi connectivity index (χ3n) is 2.66. The minimum absolute atomic E-state index is 0.225. The molecule has 1 rings (SSSR count). The molecule has 0 aromatic carbocycles. The molecule has 0 aromatic rings. The van der Waals surface area contributed by atoms with E-state index in [1.807, 2.05) is 0 Å². The molecule has 0 saturated carbocycles. The van der Waals surface area contributed by atoms with E-state index in [1.165, 1.54) is 31.3 Å². The summed E-state index contributed by atoms with van der Waals surface area (Å²) in [7, 11) is 0. The van der Waals surface area contributed by atoms with Gasteiger partial charge < -0.3 is 5.73 Å². The zero-order valence-corrected chi connectivity index (χ0v) is 8.56. The van der Waals surface area contributed by atoms with Gasteiger partial charge in [0.25, 0.3) is 0 Å². The fourth-order valence-electron chi connectivity index (χ4n) is 1.70. The molecular formula is C11H21N. The van der Waals surface area contributed by atoms with Crippen LogP contribution in [0.1, 0.15) is 46.5 Å². The molecule has 2 N–H and O–H groups in total. The molecule has 0 saturated heterocycles. The standard InChI is InChI=1S/C11H21N/c1-11(2,3)10(12)9-7-5-4-6-8-9/h7,10H,4-6,8,12H2,1-3H3. The lowest BCUT2D eigenvalue weighted by Gasteiger charge is -2.31. The SMILES string of the molecule is CC(C)(C)C(N)C1=CCCCC1. The van der Waals surface area contributed by atoms with Gasteiger partial charge in [-0.25, -0.2) is 0 Å². The highest BCUT2D eigenvalue weighted by molar-refractivity contribution is 5.15. The number of allylic oxidation sites excluding steroid dienone is 1. The van der Waals surface area contributed by atoms with Gasteiger partial charge in [0.15, 0.2) is 0 Å². The first kappa shape index (κ1) is 9.79. The van der Waals surface area contributed by atoms with Crippen LogP contribution in [0.2, 0.25) is 0 Å². The van der Waals surface area contributed by atoms with Gasteiger partial charge in [0.1, 0.15) is 0 Å². The van der Waals surface area contributed by atoms with Crippen molar-refractivity contribution in [3.05, 3.63) is 11.6 Å². The van der Waals surface area contributed by atoms with Gasteiger partial charge in [-0.05, 0) is 31.1 Å². The van der Waals surface area contributed by atoms with Crippen molar-refractivity contribution in [2.45, 2.75) is 52.5 Å². The van der Waals surface area contributed by atoms with Crippen LogP contribution in [-0.2, 0) is 0 Å². The van der Waals surface area contributed by atoms with Gasteiger partial charge in [0.05, 0.1) is 0 Å². The predicted octanol–water partition coefficient (Wildman–Crippen LogP) is 2.86. The van der Waals surface area contributed by atoms with Crippen molar-refractivity contribution in [2.24, 2.45) is 11.1 Å². The molecule has 0 radical (unpaired) electrons. The van der Waals surface area contributed by atoms with E-state index in [0.29, 0.717) is 0 Å². The molecule has 1 atom stereocenters. The number of hydrogen-bond donors (Lipinski definition) is 1. The Bertz CT molecular complexity index is 174. The fourth-order valence-corrected chi connectivity index (χ4v) is 1.70. The Hall–Kier alpha value is -0.300. The first-order valence-electron chi connectivity index (χ1n) is 4.96. The lowest BCUT2D eigenvalue weighted by atomic mass is 9.79. The second kappa shape index (κ2) is 3.61. The minimum atomic E-state index is 0.225. The lowest BCUT2D eigenvalue weighted by molar-refractivity contribution is 0.343. The molecular weight excluding hydrogens is 146 g/mol. The predicted molar refractivity (Wildman–Crippen MR) is 54.0 cm³/mol. The Labute approximate surface area is 76.0 Å². The van der Waals surface area contributed by atoms with Gasteiger partial charge in [0.2, 0.25) is 0 Å². The monoisotopic (exact) mass is 167 g/mol. The molecule has 12 heavy (non-hydrogen) atoms. The molecule has 1 unspecified atom stereocenters. The maximum atomic E-state index is 6.16. The van der Waals surface area contributed by atoms with Crippen molar-refractivity contribution >= 4 is 0 Å². The van der Waals surface area contributed by atoms with E-state index in [9.17, 15) is 0 Å². The molecule has 0 heterocycles. The van der Waals surface area contributed by atoms with Crippen LogP contribution in [0.4, 0.5) is 0 Å². The van der Waals surface area contributed by atoms with E-state index in [-0.39, 0.29) is 11.5 Å². The summed E-state index contributed by atoms with van der Waals surface area (Å²) in [4.78, 5) is 0. The molecule has 0 aromatic heterocycles. The van der Waals surface area contributed by atoms with Crippen molar-refractivity contribution in [3.8, 4) is 0 Å². The second-order valence-corrected chi connectivity index (χ2v) is 4.87. The van der Waals surface area contributed by atoms with Gasteiger partial charge in [-0.2, -0.15) is 0 Å². The van der Waals surface area contributed by atoms with Crippen molar-refractivity contribution < 1.29 is 0 Å². The van der Waals surface area contributed by atoms with Crippen molar-refractivity contribution in [2.75, 3.05) is 0 Å². The average molecular weight is 167 g/mol. The van der Waals surface area contributed by atoms with Gasteiger partial charge in [-0.3, -0.25) is 0 Å². The molecule has 1 nitrogen and oxygen atoms in total. The third kappa shape index (κ3) is 2.34. The summed E-state index contributed by atoms with van der Waals surface area (Å²) in [5.41, 5.74) is 7.86. The molecule has 0 spiro atoms. The number of nitrogens with two attached hydrogens (primary N) is 1. The highest BCUT2D eigenvalue weighted by Crippen LogP contribution is 2.28. The van der Waals surface area contributed by atoms with Gasteiger partial charge in [-0.15, -0.1) is 0 Å². The summed E-state index contributed by atoms with van der Waals surface area (Å²) < 4.78 is 0. The summed E-state index contributed by atoms with van der Waals surface area (Å²) in [6.45, 7) is 6.65. The van der Waals surface area contributed by atoms with Gasteiger partial charge in [-0.1, -0.05) is 32.4 Å². The van der Waals surface area contributed by atoms with E-state index < -0.39 is 0 Å². The largest absolute Gasteiger partial charge is 0.324 e. The zero-order valence-electron chi connectivity index (χ0n) is 8.56. The van der Waals surface area contributed by atoms with Crippen LogP contribution in [-0.4, -0.2) is 6.04 Å². The van der Waals surface area contributed by atoms with Gasteiger partial charge >= 0.3 is 0 Å². The van der Waals surface area contributed by atoms with Crippen LogP contribution in [0.25, 0.3) is 0 Å². The van der Waals surface area contributed by atoms with Crippen LogP contribution in [0.15, 0.2) is 11.6 Å². The van der Waals surface area contributed by atoms with Crippen LogP contribution >= 0.6 is 0 Å². The maximum absolute atomic E-state index is 6.16. The molecule has 1 aliphatic rings.